The third-order valence-electron chi connectivity index (χ3n) is 2.09. The lowest BCUT2D eigenvalue weighted by atomic mass is 10.2. The SMILES string of the molecule is CCSCc1csc2cccc(F)c12. The van der Waals surface area contributed by atoms with E-state index in [4.69, 9.17) is 0 Å². The Bertz CT molecular complexity index is 434. The number of thiophene rings is 1. The van der Waals surface area contributed by atoms with E-state index >= 15 is 0 Å². The Kier molecular flexibility index (Phi) is 3.08. The number of benzene rings is 1. The highest BCUT2D eigenvalue weighted by Crippen LogP contribution is 2.30. The Balaban J connectivity index is 2.45. The van der Waals surface area contributed by atoms with Gasteiger partial charge in [0.05, 0.1) is 0 Å². The van der Waals surface area contributed by atoms with Crippen LogP contribution in [0.3, 0.4) is 0 Å². The van der Waals surface area contributed by atoms with Crippen LogP contribution < -0.4 is 0 Å². The van der Waals surface area contributed by atoms with E-state index in [9.17, 15) is 4.39 Å². The molecule has 0 amide bonds. The second-order valence-corrected chi connectivity index (χ2v) is 5.20. The Hall–Kier alpha value is -0.540. The Morgan fingerprint density at radius 1 is 1.43 bits per heavy atom. The lowest BCUT2D eigenvalue weighted by Gasteiger charge is -1.98. The normalized spacial score (nSPS) is 11.0. The Labute approximate surface area is 91.1 Å². The van der Waals surface area contributed by atoms with Crippen molar-refractivity contribution < 1.29 is 4.39 Å². The molecular weight excluding hydrogens is 215 g/mol. The number of fused-ring (bicyclic) bond motifs is 1. The van der Waals surface area contributed by atoms with Gasteiger partial charge in [-0.2, -0.15) is 11.8 Å². The molecule has 0 N–H and O–H groups in total. The van der Waals surface area contributed by atoms with Gasteiger partial charge in [0, 0.05) is 15.8 Å². The van der Waals surface area contributed by atoms with E-state index in [1.54, 1.807) is 17.4 Å². The van der Waals surface area contributed by atoms with Crippen molar-refractivity contribution in [1.29, 1.82) is 0 Å². The van der Waals surface area contributed by atoms with Gasteiger partial charge >= 0.3 is 0 Å². The predicted molar refractivity (Wildman–Crippen MR) is 63.6 cm³/mol. The van der Waals surface area contributed by atoms with Crippen LogP contribution in [0.1, 0.15) is 12.5 Å². The van der Waals surface area contributed by atoms with Crippen molar-refractivity contribution >= 4 is 33.2 Å². The van der Waals surface area contributed by atoms with Crippen molar-refractivity contribution in [3.8, 4) is 0 Å². The molecule has 0 aliphatic heterocycles. The molecule has 0 radical (unpaired) electrons. The van der Waals surface area contributed by atoms with Gasteiger partial charge in [-0.05, 0) is 28.8 Å². The fraction of sp³-hybridized carbons (Fsp3) is 0.273. The molecule has 3 heteroatoms. The van der Waals surface area contributed by atoms with E-state index in [-0.39, 0.29) is 5.82 Å². The molecule has 1 aromatic carbocycles. The predicted octanol–water partition coefficient (Wildman–Crippen LogP) is 4.29. The standard InChI is InChI=1S/C11H11FS2/c1-2-13-6-8-7-14-10-5-3-4-9(12)11(8)10/h3-5,7H,2,6H2,1H3. The molecular formula is C11H11FS2. The minimum absolute atomic E-state index is 0.0875. The third-order valence-corrected chi connectivity index (χ3v) is 4.01. The van der Waals surface area contributed by atoms with Crippen LogP contribution in [-0.4, -0.2) is 5.75 Å². The van der Waals surface area contributed by atoms with Gasteiger partial charge in [0.2, 0.25) is 0 Å². The molecule has 74 valence electrons. The average molecular weight is 226 g/mol. The van der Waals surface area contributed by atoms with Crippen LogP contribution in [0.2, 0.25) is 0 Å². The summed E-state index contributed by atoms with van der Waals surface area (Å²) in [5.74, 6) is 1.90. The number of rotatable bonds is 3. The zero-order valence-electron chi connectivity index (χ0n) is 7.92. The summed E-state index contributed by atoms with van der Waals surface area (Å²) in [6, 6.07) is 5.28. The van der Waals surface area contributed by atoms with Gasteiger partial charge in [0.25, 0.3) is 0 Å². The maximum absolute atomic E-state index is 13.5. The molecule has 0 aliphatic carbocycles. The fourth-order valence-electron chi connectivity index (χ4n) is 1.43. The number of hydrogen-bond donors (Lipinski definition) is 0. The third kappa shape index (κ3) is 1.79. The first-order valence-corrected chi connectivity index (χ1v) is 6.58. The summed E-state index contributed by atoms with van der Waals surface area (Å²) in [5.41, 5.74) is 1.13. The maximum atomic E-state index is 13.5. The number of hydrogen-bond acceptors (Lipinski definition) is 2. The molecule has 0 nitrogen and oxygen atoms in total. The average Bonchev–Trinajstić information content (AvgIpc) is 2.59. The summed E-state index contributed by atoms with van der Waals surface area (Å²) in [5, 5.41) is 2.88. The number of halogens is 1. The van der Waals surface area contributed by atoms with Crippen LogP contribution in [0.25, 0.3) is 10.1 Å². The van der Waals surface area contributed by atoms with Crippen molar-refractivity contribution in [3.63, 3.8) is 0 Å². The molecule has 0 aliphatic rings. The minimum atomic E-state index is -0.0875. The quantitative estimate of drug-likeness (QED) is 0.752. The van der Waals surface area contributed by atoms with Crippen LogP contribution in [-0.2, 0) is 5.75 Å². The molecule has 1 aromatic heterocycles. The highest BCUT2D eigenvalue weighted by atomic mass is 32.2. The monoisotopic (exact) mass is 226 g/mol. The highest BCUT2D eigenvalue weighted by molar-refractivity contribution is 7.98. The lowest BCUT2D eigenvalue weighted by Crippen LogP contribution is -1.81. The summed E-state index contributed by atoms with van der Waals surface area (Å²) in [6.45, 7) is 2.12. The topological polar surface area (TPSA) is 0 Å². The van der Waals surface area contributed by atoms with E-state index in [0.717, 1.165) is 27.2 Å². The van der Waals surface area contributed by atoms with Crippen molar-refractivity contribution in [2.45, 2.75) is 12.7 Å². The Morgan fingerprint density at radius 3 is 3.07 bits per heavy atom. The van der Waals surface area contributed by atoms with Gasteiger partial charge in [-0.15, -0.1) is 11.3 Å². The summed E-state index contributed by atoms with van der Waals surface area (Å²) in [4.78, 5) is 0. The molecule has 0 spiro atoms. The van der Waals surface area contributed by atoms with Gasteiger partial charge in [-0.25, -0.2) is 4.39 Å². The first-order chi connectivity index (χ1) is 6.83. The zero-order valence-corrected chi connectivity index (χ0v) is 9.55. The molecule has 0 fully saturated rings. The molecule has 14 heavy (non-hydrogen) atoms. The van der Waals surface area contributed by atoms with Gasteiger partial charge in [0.1, 0.15) is 5.82 Å². The minimum Gasteiger partial charge on any atom is -0.206 e. The van der Waals surface area contributed by atoms with Crippen LogP contribution in [0, 0.1) is 5.82 Å². The summed E-state index contributed by atoms with van der Waals surface area (Å²) < 4.78 is 14.6. The zero-order chi connectivity index (χ0) is 9.97. The molecule has 0 bridgehead atoms. The second-order valence-electron chi connectivity index (χ2n) is 3.01. The van der Waals surface area contributed by atoms with Crippen molar-refractivity contribution in [2.24, 2.45) is 0 Å². The summed E-state index contributed by atoms with van der Waals surface area (Å²) in [7, 11) is 0. The van der Waals surface area contributed by atoms with Gasteiger partial charge in [-0.1, -0.05) is 13.0 Å². The van der Waals surface area contributed by atoms with E-state index in [1.165, 1.54) is 6.07 Å². The Morgan fingerprint density at radius 2 is 2.29 bits per heavy atom. The molecule has 0 saturated carbocycles. The lowest BCUT2D eigenvalue weighted by molar-refractivity contribution is 0.639. The van der Waals surface area contributed by atoms with Crippen LogP contribution in [0.5, 0.6) is 0 Å². The molecule has 0 saturated heterocycles. The highest BCUT2D eigenvalue weighted by Gasteiger charge is 2.07. The first kappa shape index (κ1) is 9.99. The maximum Gasteiger partial charge on any atom is 0.132 e. The van der Waals surface area contributed by atoms with Gasteiger partial charge in [0.15, 0.2) is 0 Å². The summed E-state index contributed by atoms with van der Waals surface area (Å²) in [6.07, 6.45) is 0. The van der Waals surface area contributed by atoms with Crippen LogP contribution >= 0.6 is 23.1 Å². The van der Waals surface area contributed by atoms with Gasteiger partial charge in [-0.3, -0.25) is 0 Å². The van der Waals surface area contributed by atoms with Crippen LogP contribution in [0.15, 0.2) is 23.6 Å². The summed E-state index contributed by atoms with van der Waals surface area (Å²) >= 11 is 3.45. The molecule has 1 heterocycles. The van der Waals surface area contributed by atoms with E-state index < -0.39 is 0 Å². The largest absolute Gasteiger partial charge is 0.206 e. The smallest absolute Gasteiger partial charge is 0.132 e. The van der Waals surface area contributed by atoms with E-state index in [0.29, 0.717) is 0 Å². The second kappa shape index (κ2) is 4.32. The van der Waals surface area contributed by atoms with Crippen molar-refractivity contribution in [1.82, 2.24) is 0 Å². The van der Waals surface area contributed by atoms with E-state index in [1.807, 2.05) is 17.8 Å². The first-order valence-electron chi connectivity index (χ1n) is 4.55. The molecule has 0 atom stereocenters. The number of thioether (sulfide) groups is 1. The molecule has 2 aromatic rings. The van der Waals surface area contributed by atoms with E-state index in [2.05, 4.69) is 12.3 Å². The van der Waals surface area contributed by atoms with Crippen LogP contribution in [0.4, 0.5) is 4.39 Å². The van der Waals surface area contributed by atoms with Gasteiger partial charge < -0.3 is 0 Å². The fourth-order valence-corrected chi connectivity index (χ4v) is 3.16. The van der Waals surface area contributed by atoms with Crippen molar-refractivity contribution in [3.05, 3.63) is 35.0 Å². The van der Waals surface area contributed by atoms with Crippen molar-refractivity contribution in [2.75, 3.05) is 5.75 Å². The molecule has 2 rings (SSSR count). The molecule has 0 unspecified atom stereocenters.